The second-order valence-electron chi connectivity index (χ2n) is 5.82. The summed E-state index contributed by atoms with van der Waals surface area (Å²) >= 11 is 0. The Morgan fingerprint density at radius 2 is 1.91 bits per heavy atom. The van der Waals surface area contributed by atoms with Gasteiger partial charge in [0, 0.05) is 13.6 Å². The molecule has 1 aromatic carbocycles. The molecule has 1 rings (SSSR count). The Bertz CT molecular complexity index is 576. The minimum absolute atomic E-state index is 0.173. The van der Waals surface area contributed by atoms with Gasteiger partial charge in [0.25, 0.3) is 0 Å². The minimum Gasteiger partial charge on any atom is -0.453 e. The topological polar surface area (TPSA) is 82.4 Å². The van der Waals surface area contributed by atoms with Crippen molar-refractivity contribution < 1.29 is 14.3 Å². The summed E-state index contributed by atoms with van der Waals surface area (Å²) in [5.74, 6) is 0.0814. The van der Waals surface area contributed by atoms with E-state index >= 15 is 0 Å². The summed E-state index contributed by atoms with van der Waals surface area (Å²) in [6.45, 7) is 4.38. The second kappa shape index (κ2) is 8.79. The third-order valence-electron chi connectivity index (χ3n) is 3.36. The van der Waals surface area contributed by atoms with Crippen LogP contribution in [0.2, 0.25) is 0 Å². The van der Waals surface area contributed by atoms with E-state index in [2.05, 4.69) is 16.1 Å². The fourth-order valence-corrected chi connectivity index (χ4v) is 2.20. The molecule has 1 N–H and O–H groups in total. The molecule has 0 bridgehead atoms. The van der Waals surface area contributed by atoms with E-state index in [1.807, 2.05) is 26.0 Å². The van der Waals surface area contributed by atoms with Gasteiger partial charge >= 0.3 is 6.09 Å². The first kappa shape index (κ1) is 18.5. The number of carbonyl (C=O) groups excluding carboxylic acids is 2. The van der Waals surface area contributed by atoms with Crippen LogP contribution in [-0.4, -0.2) is 37.1 Å². The van der Waals surface area contributed by atoms with Gasteiger partial charge in [0.15, 0.2) is 0 Å². The van der Waals surface area contributed by atoms with E-state index in [1.165, 1.54) is 7.11 Å². The molecule has 0 aromatic heterocycles. The van der Waals surface area contributed by atoms with Gasteiger partial charge in [-0.2, -0.15) is 5.26 Å². The fourth-order valence-electron chi connectivity index (χ4n) is 2.20. The molecule has 0 aliphatic carbocycles. The Balaban J connectivity index is 2.76. The van der Waals surface area contributed by atoms with E-state index < -0.39 is 12.1 Å². The minimum atomic E-state index is -0.620. The summed E-state index contributed by atoms with van der Waals surface area (Å²) in [5.41, 5.74) is 1.49. The lowest BCUT2D eigenvalue weighted by Gasteiger charge is -2.25. The average Bonchev–Trinajstić information content (AvgIpc) is 2.53. The highest BCUT2D eigenvalue weighted by atomic mass is 16.5. The van der Waals surface area contributed by atoms with Crippen LogP contribution in [-0.2, 0) is 16.1 Å². The van der Waals surface area contributed by atoms with Crippen LogP contribution in [0, 0.1) is 17.2 Å². The van der Waals surface area contributed by atoms with Gasteiger partial charge in [-0.3, -0.25) is 4.79 Å². The number of methoxy groups -OCH3 is 1. The largest absolute Gasteiger partial charge is 0.453 e. The molecule has 0 heterocycles. The highest BCUT2D eigenvalue weighted by molar-refractivity contribution is 5.85. The number of ether oxygens (including phenoxy) is 1. The molecule has 0 saturated heterocycles. The lowest BCUT2D eigenvalue weighted by atomic mass is 10.0. The zero-order chi connectivity index (χ0) is 17.4. The molecule has 0 radical (unpaired) electrons. The number of likely N-dealkylation sites (N-methyl/N-ethyl adjacent to an activating group) is 1. The Hall–Kier alpha value is -2.55. The fraction of sp³-hybridized carbons (Fsp3) is 0.471. The lowest BCUT2D eigenvalue weighted by molar-refractivity contribution is -0.133. The van der Waals surface area contributed by atoms with Crippen molar-refractivity contribution >= 4 is 12.0 Å². The van der Waals surface area contributed by atoms with Crippen molar-refractivity contribution in [2.75, 3.05) is 14.2 Å². The third kappa shape index (κ3) is 5.99. The van der Waals surface area contributed by atoms with Crippen molar-refractivity contribution in [2.24, 2.45) is 5.92 Å². The maximum Gasteiger partial charge on any atom is 0.407 e. The van der Waals surface area contributed by atoms with Gasteiger partial charge in [0.1, 0.15) is 6.04 Å². The molecule has 0 unspecified atom stereocenters. The molecule has 124 valence electrons. The molecule has 0 spiro atoms. The highest BCUT2D eigenvalue weighted by Gasteiger charge is 2.25. The molecular weight excluding hydrogens is 294 g/mol. The number of nitriles is 1. The summed E-state index contributed by atoms with van der Waals surface area (Å²) < 4.78 is 4.58. The molecule has 2 amide bonds. The number of alkyl carbamates (subject to hydrolysis) is 1. The predicted octanol–water partition coefficient (Wildman–Crippen LogP) is 2.29. The molecule has 0 aliphatic heterocycles. The van der Waals surface area contributed by atoms with Gasteiger partial charge in [0.2, 0.25) is 5.91 Å². The summed E-state index contributed by atoms with van der Waals surface area (Å²) in [6, 6.07) is 8.49. The van der Waals surface area contributed by atoms with Crippen LogP contribution >= 0.6 is 0 Å². The first-order valence-electron chi connectivity index (χ1n) is 7.45. The molecule has 1 atom stereocenters. The summed E-state index contributed by atoms with van der Waals surface area (Å²) in [5, 5.41) is 11.4. The molecule has 0 saturated carbocycles. The summed E-state index contributed by atoms with van der Waals surface area (Å²) in [7, 11) is 2.96. The van der Waals surface area contributed by atoms with Crippen molar-refractivity contribution in [3.63, 3.8) is 0 Å². The molecule has 0 fully saturated rings. The molecule has 6 nitrogen and oxygen atoms in total. The Morgan fingerprint density at radius 3 is 2.39 bits per heavy atom. The van der Waals surface area contributed by atoms with Crippen molar-refractivity contribution in [1.82, 2.24) is 10.2 Å². The standard InChI is InChI=1S/C17H23N3O3/c1-12(2)9-15(19-17(22)23-4)16(21)20(3)11-14-7-5-13(10-18)6-8-14/h5-8,12,15H,9,11H2,1-4H3,(H,19,22)/t15-/m0/s1. The van der Waals surface area contributed by atoms with Crippen molar-refractivity contribution in [3.05, 3.63) is 35.4 Å². The van der Waals surface area contributed by atoms with Gasteiger partial charge in [-0.05, 0) is 30.0 Å². The van der Waals surface area contributed by atoms with Crippen LogP contribution in [0.1, 0.15) is 31.4 Å². The highest BCUT2D eigenvalue weighted by Crippen LogP contribution is 2.11. The Morgan fingerprint density at radius 1 is 1.30 bits per heavy atom. The number of benzene rings is 1. The molecule has 6 heteroatoms. The van der Waals surface area contributed by atoms with Gasteiger partial charge in [-0.25, -0.2) is 4.79 Å². The smallest absolute Gasteiger partial charge is 0.407 e. The van der Waals surface area contributed by atoms with Crippen LogP contribution in [0.5, 0.6) is 0 Å². The zero-order valence-corrected chi connectivity index (χ0v) is 14.0. The van der Waals surface area contributed by atoms with Gasteiger partial charge in [-0.15, -0.1) is 0 Å². The first-order valence-corrected chi connectivity index (χ1v) is 7.45. The molecular formula is C17H23N3O3. The van der Waals surface area contributed by atoms with E-state index in [0.717, 1.165) is 5.56 Å². The van der Waals surface area contributed by atoms with Crippen LogP contribution in [0.3, 0.4) is 0 Å². The van der Waals surface area contributed by atoms with Crippen LogP contribution in [0.15, 0.2) is 24.3 Å². The van der Waals surface area contributed by atoms with Crippen molar-refractivity contribution in [3.8, 4) is 6.07 Å². The summed E-state index contributed by atoms with van der Waals surface area (Å²) in [6.07, 6.45) is -0.0816. The number of nitrogens with one attached hydrogen (secondary N) is 1. The van der Waals surface area contributed by atoms with E-state index in [-0.39, 0.29) is 11.8 Å². The van der Waals surface area contributed by atoms with Crippen LogP contribution < -0.4 is 5.32 Å². The monoisotopic (exact) mass is 317 g/mol. The molecule has 0 aliphatic rings. The Kier molecular flexibility index (Phi) is 7.07. The van der Waals surface area contributed by atoms with E-state index in [4.69, 9.17) is 5.26 Å². The maximum atomic E-state index is 12.6. The van der Waals surface area contributed by atoms with Gasteiger partial charge in [0.05, 0.1) is 18.7 Å². The average molecular weight is 317 g/mol. The number of rotatable bonds is 6. The van der Waals surface area contributed by atoms with Crippen molar-refractivity contribution in [2.45, 2.75) is 32.9 Å². The quantitative estimate of drug-likeness (QED) is 0.872. The maximum absolute atomic E-state index is 12.6. The zero-order valence-electron chi connectivity index (χ0n) is 14.0. The predicted molar refractivity (Wildman–Crippen MR) is 86.4 cm³/mol. The SMILES string of the molecule is COC(=O)N[C@@H](CC(C)C)C(=O)N(C)Cc1ccc(C#N)cc1. The van der Waals surface area contributed by atoms with Gasteiger partial charge in [-0.1, -0.05) is 26.0 Å². The molecule has 23 heavy (non-hydrogen) atoms. The van der Waals surface area contributed by atoms with Crippen molar-refractivity contribution in [1.29, 1.82) is 5.26 Å². The van der Waals surface area contributed by atoms with Gasteiger partial charge < -0.3 is 15.0 Å². The lowest BCUT2D eigenvalue weighted by Crippen LogP contribution is -2.47. The second-order valence-corrected chi connectivity index (χ2v) is 5.82. The number of nitrogens with zero attached hydrogens (tertiary/aromatic N) is 2. The number of hydrogen-bond donors (Lipinski definition) is 1. The van der Waals surface area contributed by atoms with E-state index in [0.29, 0.717) is 18.5 Å². The molecule has 1 aromatic rings. The summed E-state index contributed by atoms with van der Waals surface area (Å²) in [4.78, 5) is 25.5. The third-order valence-corrected chi connectivity index (χ3v) is 3.36. The van der Waals surface area contributed by atoms with Crippen LogP contribution in [0.25, 0.3) is 0 Å². The van der Waals surface area contributed by atoms with Crippen LogP contribution in [0.4, 0.5) is 4.79 Å². The number of amides is 2. The Labute approximate surface area is 137 Å². The normalized spacial score (nSPS) is 11.5. The van der Waals surface area contributed by atoms with E-state index in [9.17, 15) is 9.59 Å². The number of carbonyl (C=O) groups is 2. The first-order chi connectivity index (χ1) is 10.9. The number of hydrogen-bond acceptors (Lipinski definition) is 4. The van der Waals surface area contributed by atoms with E-state index in [1.54, 1.807) is 24.1 Å².